The SMILES string of the molecule is C=C1C(=O)N(c2ccc(Br)cc2)CC1(C)CS(=O)(=O)c1ccc(OC)cc1. The molecule has 2 aromatic carbocycles. The lowest BCUT2D eigenvalue weighted by Gasteiger charge is -2.24. The first-order valence-corrected chi connectivity index (χ1v) is 10.7. The van der Waals surface area contributed by atoms with E-state index < -0.39 is 15.3 Å². The fraction of sp³-hybridized carbons (Fsp3) is 0.250. The molecule has 0 N–H and O–H groups in total. The Hall–Kier alpha value is -2.12. The Morgan fingerprint density at radius 2 is 1.74 bits per heavy atom. The van der Waals surface area contributed by atoms with Gasteiger partial charge in [-0.05, 0) is 48.5 Å². The number of amides is 1. The molecule has 3 rings (SSSR count). The number of halogens is 1. The molecular weight excluding hydrogens is 430 g/mol. The quantitative estimate of drug-likeness (QED) is 0.650. The van der Waals surface area contributed by atoms with E-state index in [2.05, 4.69) is 22.5 Å². The molecule has 0 aromatic heterocycles. The second kappa shape index (κ2) is 7.13. The first kappa shape index (κ1) is 19.6. The van der Waals surface area contributed by atoms with Gasteiger partial charge < -0.3 is 9.64 Å². The Bertz CT molecular complexity index is 984. The van der Waals surface area contributed by atoms with E-state index in [1.807, 2.05) is 24.3 Å². The predicted molar refractivity (Wildman–Crippen MR) is 109 cm³/mol. The smallest absolute Gasteiger partial charge is 0.254 e. The summed E-state index contributed by atoms with van der Waals surface area (Å²) in [5.41, 5.74) is 0.153. The lowest BCUT2D eigenvalue weighted by atomic mass is 9.88. The summed E-state index contributed by atoms with van der Waals surface area (Å²) in [4.78, 5) is 14.5. The van der Waals surface area contributed by atoms with E-state index in [0.29, 0.717) is 11.3 Å². The van der Waals surface area contributed by atoms with Gasteiger partial charge in [0.1, 0.15) is 5.75 Å². The highest BCUT2D eigenvalue weighted by molar-refractivity contribution is 9.10. The molecular formula is C20H20BrNO4S. The predicted octanol–water partition coefficient (Wildman–Crippen LogP) is 3.84. The van der Waals surface area contributed by atoms with Crippen LogP contribution in [0.4, 0.5) is 5.69 Å². The minimum atomic E-state index is -3.60. The molecule has 27 heavy (non-hydrogen) atoms. The van der Waals surface area contributed by atoms with Gasteiger partial charge in [-0.2, -0.15) is 0 Å². The minimum absolute atomic E-state index is 0.191. The Labute approximate surface area is 167 Å². The molecule has 1 aliphatic rings. The van der Waals surface area contributed by atoms with E-state index in [-0.39, 0.29) is 23.1 Å². The van der Waals surface area contributed by atoms with Crippen LogP contribution in [0.25, 0.3) is 0 Å². The molecule has 1 saturated heterocycles. The third-order valence-corrected chi connectivity index (χ3v) is 7.34. The van der Waals surface area contributed by atoms with Crippen LogP contribution >= 0.6 is 15.9 Å². The molecule has 0 saturated carbocycles. The summed E-state index contributed by atoms with van der Waals surface area (Å²) >= 11 is 3.37. The minimum Gasteiger partial charge on any atom is -0.497 e. The Balaban J connectivity index is 1.87. The molecule has 5 nitrogen and oxygen atoms in total. The maximum atomic E-state index is 12.9. The molecule has 0 bridgehead atoms. The van der Waals surface area contributed by atoms with Gasteiger partial charge in [0, 0.05) is 27.7 Å². The van der Waals surface area contributed by atoms with Crippen molar-refractivity contribution in [3.8, 4) is 5.75 Å². The number of nitrogens with zero attached hydrogens (tertiary/aromatic N) is 1. The Kier molecular flexibility index (Phi) is 5.18. The van der Waals surface area contributed by atoms with Crippen LogP contribution in [0.5, 0.6) is 5.75 Å². The highest BCUT2D eigenvalue weighted by atomic mass is 79.9. The normalized spacial score (nSPS) is 20.2. The van der Waals surface area contributed by atoms with Gasteiger partial charge >= 0.3 is 0 Å². The summed E-state index contributed by atoms with van der Waals surface area (Å²) in [6.45, 7) is 5.94. The van der Waals surface area contributed by atoms with Crippen LogP contribution in [0.15, 0.2) is 70.1 Å². The van der Waals surface area contributed by atoms with E-state index in [9.17, 15) is 13.2 Å². The average Bonchev–Trinajstić information content (AvgIpc) is 2.86. The van der Waals surface area contributed by atoms with Crippen molar-refractivity contribution in [2.75, 3.05) is 24.3 Å². The molecule has 1 atom stereocenters. The first-order valence-electron chi connectivity index (χ1n) is 8.30. The van der Waals surface area contributed by atoms with Crippen LogP contribution in [0.2, 0.25) is 0 Å². The number of hydrogen-bond acceptors (Lipinski definition) is 4. The van der Waals surface area contributed by atoms with Crippen LogP contribution in [0.3, 0.4) is 0 Å². The molecule has 1 heterocycles. The first-order chi connectivity index (χ1) is 12.7. The molecule has 0 radical (unpaired) electrons. The maximum Gasteiger partial charge on any atom is 0.254 e. The highest BCUT2D eigenvalue weighted by Crippen LogP contribution is 2.40. The van der Waals surface area contributed by atoms with Crippen molar-refractivity contribution < 1.29 is 17.9 Å². The van der Waals surface area contributed by atoms with Crippen molar-refractivity contribution in [2.24, 2.45) is 5.41 Å². The third-order valence-electron chi connectivity index (χ3n) is 4.80. The number of rotatable bonds is 5. The monoisotopic (exact) mass is 449 g/mol. The van der Waals surface area contributed by atoms with Gasteiger partial charge in [0.25, 0.3) is 5.91 Å². The highest BCUT2D eigenvalue weighted by Gasteiger charge is 2.46. The Morgan fingerprint density at radius 3 is 2.30 bits per heavy atom. The number of hydrogen-bond donors (Lipinski definition) is 0. The van der Waals surface area contributed by atoms with E-state index in [1.165, 1.54) is 19.2 Å². The van der Waals surface area contributed by atoms with Gasteiger partial charge in [-0.3, -0.25) is 4.79 Å². The summed E-state index contributed by atoms with van der Waals surface area (Å²) in [7, 11) is -2.08. The maximum absolute atomic E-state index is 12.9. The van der Waals surface area contributed by atoms with Crippen molar-refractivity contribution >= 4 is 37.4 Å². The third kappa shape index (κ3) is 3.80. The zero-order chi connectivity index (χ0) is 19.8. The number of sulfone groups is 1. The van der Waals surface area contributed by atoms with Crippen LogP contribution in [0.1, 0.15) is 6.92 Å². The summed E-state index contributed by atoms with van der Waals surface area (Å²) < 4.78 is 31.8. The summed E-state index contributed by atoms with van der Waals surface area (Å²) in [6, 6.07) is 13.6. The summed E-state index contributed by atoms with van der Waals surface area (Å²) in [5.74, 6) is 0.149. The van der Waals surface area contributed by atoms with Gasteiger partial charge in [0.15, 0.2) is 9.84 Å². The second-order valence-electron chi connectivity index (χ2n) is 6.84. The molecule has 1 unspecified atom stereocenters. The number of carbonyl (C=O) groups is 1. The molecule has 0 spiro atoms. The van der Waals surface area contributed by atoms with Crippen molar-refractivity contribution in [1.82, 2.24) is 0 Å². The number of benzene rings is 2. The number of ether oxygens (including phenoxy) is 1. The van der Waals surface area contributed by atoms with Crippen molar-refractivity contribution in [3.63, 3.8) is 0 Å². The lowest BCUT2D eigenvalue weighted by Crippen LogP contribution is -2.32. The van der Waals surface area contributed by atoms with Crippen LogP contribution in [-0.4, -0.2) is 33.7 Å². The fourth-order valence-electron chi connectivity index (χ4n) is 3.19. The number of anilines is 1. The topological polar surface area (TPSA) is 63.7 Å². The van der Waals surface area contributed by atoms with Gasteiger partial charge in [-0.25, -0.2) is 8.42 Å². The average molecular weight is 450 g/mol. The number of methoxy groups -OCH3 is 1. The standard InChI is InChI=1S/C20H20BrNO4S/c1-14-19(23)22(16-6-4-15(21)5-7-16)12-20(14,2)13-27(24,25)18-10-8-17(26-3)9-11-18/h4-11H,1,12-13H2,2-3H3. The van der Waals surface area contributed by atoms with Crippen LogP contribution < -0.4 is 9.64 Å². The van der Waals surface area contributed by atoms with Gasteiger partial charge in [0.05, 0.1) is 17.8 Å². The number of carbonyl (C=O) groups excluding carboxylic acids is 1. The van der Waals surface area contributed by atoms with Crippen LogP contribution in [0, 0.1) is 5.41 Å². The second-order valence-corrected chi connectivity index (χ2v) is 9.75. The summed E-state index contributed by atoms with van der Waals surface area (Å²) in [6.07, 6.45) is 0. The van der Waals surface area contributed by atoms with Crippen molar-refractivity contribution in [3.05, 3.63) is 65.2 Å². The van der Waals surface area contributed by atoms with Gasteiger partial charge in [0.2, 0.25) is 0 Å². The van der Waals surface area contributed by atoms with Crippen molar-refractivity contribution in [2.45, 2.75) is 11.8 Å². The Morgan fingerprint density at radius 1 is 1.15 bits per heavy atom. The molecule has 1 amide bonds. The van der Waals surface area contributed by atoms with Crippen molar-refractivity contribution in [1.29, 1.82) is 0 Å². The molecule has 142 valence electrons. The zero-order valence-corrected chi connectivity index (χ0v) is 17.5. The largest absolute Gasteiger partial charge is 0.497 e. The van der Waals surface area contributed by atoms with Gasteiger partial charge in [-0.1, -0.05) is 29.4 Å². The molecule has 2 aromatic rings. The van der Waals surface area contributed by atoms with E-state index in [4.69, 9.17) is 4.74 Å². The molecule has 1 fully saturated rings. The van der Waals surface area contributed by atoms with E-state index in [1.54, 1.807) is 24.0 Å². The van der Waals surface area contributed by atoms with Crippen LogP contribution in [-0.2, 0) is 14.6 Å². The lowest BCUT2D eigenvalue weighted by molar-refractivity contribution is -0.114. The molecule has 7 heteroatoms. The van der Waals surface area contributed by atoms with Gasteiger partial charge in [-0.15, -0.1) is 0 Å². The summed E-state index contributed by atoms with van der Waals surface area (Å²) in [5, 5.41) is 0. The fourth-order valence-corrected chi connectivity index (χ4v) is 5.27. The molecule has 1 aliphatic heterocycles. The molecule has 0 aliphatic carbocycles. The zero-order valence-electron chi connectivity index (χ0n) is 15.1. The van der Waals surface area contributed by atoms with E-state index in [0.717, 1.165) is 10.2 Å². The van der Waals surface area contributed by atoms with E-state index >= 15 is 0 Å².